The first-order valence-electron chi connectivity index (χ1n) is 8.18. The summed E-state index contributed by atoms with van der Waals surface area (Å²) in [5.74, 6) is -0.713. The fraction of sp³-hybridized carbons (Fsp3) is 0.211. The lowest BCUT2D eigenvalue weighted by Crippen LogP contribution is -2.35. The third-order valence-electron chi connectivity index (χ3n) is 3.34. The highest BCUT2D eigenvalue weighted by Crippen LogP contribution is 2.27. The zero-order chi connectivity index (χ0) is 19.6. The fourth-order valence-corrected chi connectivity index (χ4v) is 2.10. The van der Waals surface area contributed by atoms with Gasteiger partial charge in [-0.1, -0.05) is 0 Å². The van der Waals surface area contributed by atoms with Crippen LogP contribution in [0.5, 0.6) is 11.5 Å². The summed E-state index contributed by atoms with van der Waals surface area (Å²) >= 11 is 0. The number of carbonyl (C=O) groups is 3. The Morgan fingerprint density at radius 1 is 1.04 bits per heavy atom. The molecule has 0 unspecified atom stereocenters. The minimum atomic E-state index is -0.508. The van der Waals surface area contributed by atoms with Gasteiger partial charge < -0.3 is 20.1 Å². The van der Waals surface area contributed by atoms with Gasteiger partial charge in [0.05, 0.1) is 13.2 Å². The summed E-state index contributed by atoms with van der Waals surface area (Å²) in [5, 5.41) is 4.93. The van der Waals surface area contributed by atoms with Gasteiger partial charge in [-0.25, -0.2) is 4.39 Å². The van der Waals surface area contributed by atoms with Gasteiger partial charge in [-0.15, -0.1) is 0 Å². The molecule has 0 aliphatic carbocycles. The van der Waals surface area contributed by atoms with Crippen molar-refractivity contribution in [3.05, 3.63) is 53.8 Å². The van der Waals surface area contributed by atoms with E-state index >= 15 is 0 Å². The van der Waals surface area contributed by atoms with Gasteiger partial charge in [0.2, 0.25) is 5.91 Å². The van der Waals surface area contributed by atoms with Crippen LogP contribution in [0.15, 0.2) is 42.5 Å². The standard InChI is InChI=1S/C19H19FN2O5/c1-2-26-17-9-13(11-23)3-8-16(17)27-12-19(25)21-10-18(24)22-15-6-4-14(20)5-7-15/h3-9,11H,2,10,12H2,1H3,(H,21,25)(H,22,24). The van der Waals surface area contributed by atoms with Crippen molar-refractivity contribution in [1.29, 1.82) is 0 Å². The van der Waals surface area contributed by atoms with E-state index < -0.39 is 17.6 Å². The number of aldehydes is 1. The van der Waals surface area contributed by atoms with Crippen molar-refractivity contribution < 1.29 is 28.2 Å². The average Bonchev–Trinajstić information content (AvgIpc) is 2.67. The van der Waals surface area contributed by atoms with Crippen molar-refractivity contribution in [3.63, 3.8) is 0 Å². The predicted octanol–water partition coefficient (Wildman–Crippen LogP) is 2.17. The van der Waals surface area contributed by atoms with Gasteiger partial charge in [0.15, 0.2) is 18.1 Å². The normalized spacial score (nSPS) is 10.0. The molecule has 27 heavy (non-hydrogen) atoms. The molecule has 7 nitrogen and oxygen atoms in total. The van der Waals surface area contributed by atoms with E-state index in [1.807, 2.05) is 0 Å². The van der Waals surface area contributed by atoms with E-state index in [2.05, 4.69) is 10.6 Å². The molecule has 2 amide bonds. The Hall–Kier alpha value is -3.42. The van der Waals surface area contributed by atoms with E-state index in [9.17, 15) is 18.8 Å². The van der Waals surface area contributed by atoms with Gasteiger partial charge in [-0.05, 0) is 49.4 Å². The van der Waals surface area contributed by atoms with Crippen LogP contribution < -0.4 is 20.1 Å². The van der Waals surface area contributed by atoms with E-state index in [1.54, 1.807) is 13.0 Å². The van der Waals surface area contributed by atoms with Gasteiger partial charge in [-0.2, -0.15) is 0 Å². The third kappa shape index (κ3) is 6.43. The zero-order valence-corrected chi connectivity index (χ0v) is 14.7. The van der Waals surface area contributed by atoms with Crippen LogP contribution in [0.25, 0.3) is 0 Å². The predicted molar refractivity (Wildman–Crippen MR) is 96.5 cm³/mol. The van der Waals surface area contributed by atoms with E-state index in [0.29, 0.717) is 35.6 Å². The second-order valence-corrected chi connectivity index (χ2v) is 5.38. The molecule has 0 atom stereocenters. The number of carbonyl (C=O) groups excluding carboxylic acids is 3. The van der Waals surface area contributed by atoms with Gasteiger partial charge in [0.25, 0.3) is 5.91 Å². The van der Waals surface area contributed by atoms with Crippen LogP contribution in [0.1, 0.15) is 17.3 Å². The quantitative estimate of drug-likeness (QED) is 0.656. The number of hydrogen-bond acceptors (Lipinski definition) is 5. The first kappa shape index (κ1) is 19.9. The Morgan fingerprint density at radius 3 is 2.44 bits per heavy atom. The second-order valence-electron chi connectivity index (χ2n) is 5.38. The molecule has 0 aliphatic heterocycles. The van der Waals surface area contributed by atoms with E-state index in [1.165, 1.54) is 36.4 Å². The van der Waals surface area contributed by atoms with Crippen molar-refractivity contribution >= 4 is 23.8 Å². The van der Waals surface area contributed by atoms with Crippen LogP contribution in [0.4, 0.5) is 10.1 Å². The topological polar surface area (TPSA) is 93.7 Å². The first-order valence-corrected chi connectivity index (χ1v) is 8.18. The Kier molecular flexibility index (Phi) is 7.30. The first-order chi connectivity index (χ1) is 13.0. The molecule has 0 radical (unpaired) electrons. The molecule has 8 heteroatoms. The number of benzene rings is 2. The molecule has 142 valence electrons. The highest BCUT2D eigenvalue weighted by Gasteiger charge is 2.10. The Morgan fingerprint density at radius 2 is 1.78 bits per heavy atom. The molecular formula is C19H19FN2O5. The van der Waals surface area contributed by atoms with E-state index in [-0.39, 0.29) is 13.2 Å². The van der Waals surface area contributed by atoms with Crippen molar-refractivity contribution in [2.45, 2.75) is 6.92 Å². The molecule has 0 aromatic heterocycles. The minimum absolute atomic E-state index is 0.262. The average molecular weight is 374 g/mol. The van der Waals surface area contributed by atoms with Crippen molar-refractivity contribution in [2.24, 2.45) is 0 Å². The Labute approximate surface area is 155 Å². The van der Waals surface area contributed by atoms with Crippen molar-refractivity contribution in [1.82, 2.24) is 5.32 Å². The molecule has 2 aromatic rings. The number of halogens is 1. The third-order valence-corrected chi connectivity index (χ3v) is 3.34. The smallest absolute Gasteiger partial charge is 0.258 e. The number of hydrogen-bond donors (Lipinski definition) is 2. The summed E-state index contributed by atoms with van der Waals surface area (Å²) < 4.78 is 23.6. The van der Waals surface area contributed by atoms with Crippen LogP contribution in [0, 0.1) is 5.82 Å². The lowest BCUT2D eigenvalue weighted by Gasteiger charge is -2.12. The molecule has 0 fully saturated rings. The molecule has 0 aliphatic rings. The van der Waals surface area contributed by atoms with Crippen LogP contribution >= 0.6 is 0 Å². The van der Waals surface area contributed by atoms with Crippen molar-refractivity contribution in [3.8, 4) is 11.5 Å². The van der Waals surface area contributed by atoms with Crippen molar-refractivity contribution in [2.75, 3.05) is 25.1 Å². The van der Waals surface area contributed by atoms with Gasteiger partial charge >= 0.3 is 0 Å². The maximum Gasteiger partial charge on any atom is 0.258 e. The Balaban J connectivity index is 1.81. The minimum Gasteiger partial charge on any atom is -0.490 e. The molecule has 2 aromatic carbocycles. The van der Waals surface area contributed by atoms with Crippen LogP contribution in [0.3, 0.4) is 0 Å². The summed E-state index contributed by atoms with van der Waals surface area (Å²) in [6.07, 6.45) is 0.679. The monoisotopic (exact) mass is 374 g/mol. The summed E-state index contributed by atoms with van der Waals surface area (Å²) in [7, 11) is 0. The molecule has 0 heterocycles. The number of anilines is 1. The van der Waals surface area contributed by atoms with Gasteiger partial charge in [-0.3, -0.25) is 14.4 Å². The molecular weight excluding hydrogens is 355 g/mol. The maximum absolute atomic E-state index is 12.8. The van der Waals surface area contributed by atoms with Crippen LogP contribution in [-0.2, 0) is 9.59 Å². The summed E-state index contributed by atoms with van der Waals surface area (Å²) in [6.45, 7) is 1.56. The fourth-order valence-electron chi connectivity index (χ4n) is 2.10. The Bertz CT molecular complexity index is 808. The SMILES string of the molecule is CCOc1cc(C=O)ccc1OCC(=O)NCC(=O)Nc1ccc(F)cc1. The van der Waals surface area contributed by atoms with Crippen LogP contribution in [0.2, 0.25) is 0 Å². The van der Waals surface area contributed by atoms with E-state index in [0.717, 1.165) is 0 Å². The molecule has 0 bridgehead atoms. The maximum atomic E-state index is 12.8. The number of nitrogens with one attached hydrogen (secondary N) is 2. The number of amides is 2. The lowest BCUT2D eigenvalue weighted by molar-refractivity contribution is -0.125. The lowest BCUT2D eigenvalue weighted by atomic mass is 10.2. The van der Waals surface area contributed by atoms with Crippen LogP contribution in [-0.4, -0.2) is 37.9 Å². The molecule has 0 saturated heterocycles. The summed E-state index contributed by atoms with van der Waals surface area (Å²) in [5.41, 5.74) is 0.844. The summed E-state index contributed by atoms with van der Waals surface area (Å²) in [6, 6.07) is 9.84. The molecule has 2 N–H and O–H groups in total. The van der Waals surface area contributed by atoms with Gasteiger partial charge in [0, 0.05) is 11.3 Å². The highest BCUT2D eigenvalue weighted by molar-refractivity contribution is 5.94. The zero-order valence-electron chi connectivity index (χ0n) is 14.7. The number of rotatable bonds is 9. The highest BCUT2D eigenvalue weighted by atomic mass is 19.1. The van der Waals surface area contributed by atoms with E-state index in [4.69, 9.17) is 9.47 Å². The summed E-state index contributed by atoms with van der Waals surface area (Å²) in [4.78, 5) is 34.4. The number of ether oxygens (including phenoxy) is 2. The van der Waals surface area contributed by atoms with Gasteiger partial charge in [0.1, 0.15) is 12.1 Å². The molecule has 0 spiro atoms. The molecule has 2 rings (SSSR count). The second kappa shape index (κ2) is 9.91. The largest absolute Gasteiger partial charge is 0.490 e. The molecule has 0 saturated carbocycles.